The average molecular weight is 319 g/mol. The number of benzene rings is 2. The fourth-order valence-corrected chi connectivity index (χ4v) is 2.34. The lowest BCUT2D eigenvalue weighted by molar-refractivity contribution is -0.138. The van der Waals surface area contributed by atoms with Gasteiger partial charge in [-0.15, -0.1) is 0 Å². The monoisotopic (exact) mass is 318 g/mol. The summed E-state index contributed by atoms with van der Waals surface area (Å²) in [6, 6.07) is 17.4. The highest BCUT2D eigenvalue weighted by molar-refractivity contribution is 9.10. The zero-order valence-corrected chi connectivity index (χ0v) is 12.0. The number of carboxylic acids is 1. The first kappa shape index (κ1) is 13.8. The van der Waals surface area contributed by atoms with E-state index in [0.717, 1.165) is 22.0 Å². The molecule has 3 heteroatoms. The van der Waals surface area contributed by atoms with Gasteiger partial charge in [-0.25, -0.2) is 0 Å². The van der Waals surface area contributed by atoms with E-state index in [4.69, 9.17) is 0 Å². The summed E-state index contributed by atoms with van der Waals surface area (Å²) in [5.74, 6) is -1.20. The van der Waals surface area contributed by atoms with Gasteiger partial charge in [0.2, 0.25) is 0 Å². The van der Waals surface area contributed by atoms with Crippen LogP contribution in [0.4, 0.5) is 0 Å². The van der Waals surface area contributed by atoms with Crippen molar-refractivity contribution in [2.45, 2.75) is 18.8 Å². The normalized spacial score (nSPS) is 12.1. The Kier molecular flexibility index (Phi) is 4.74. The van der Waals surface area contributed by atoms with Crippen LogP contribution in [0.5, 0.6) is 0 Å². The first-order chi connectivity index (χ1) is 9.16. The van der Waals surface area contributed by atoms with E-state index in [1.54, 1.807) is 0 Å². The van der Waals surface area contributed by atoms with Gasteiger partial charge in [-0.2, -0.15) is 0 Å². The fourth-order valence-electron chi connectivity index (χ4n) is 2.08. The van der Waals surface area contributed by atoms with E-state index in [-0.39, 0.29) is 0 Å². The van der Waals surface area contributed by atoms with Crippen LogP contribution >= 0.6 is 15.9 Å². The molecule has 1 N–H and O–H groups in total. The molecule has 0 spiro atoms. The summed E-state index contributed by atoms with van der Waals surface area (Å²) >= 11 is 3.39. The molecule has 0 aromatic heterocycles. The van der Waals surface area contributed by atoms with Crippen molar-refractivity contribution in [3.63, 3.8) is 0 Å². The minimum atomic E-state index is -0.761. The van der Waals surface area contributed by atoms with Gasteiger partial charge in [0, 0.05) is 4.47 Å². The average Bonchev–Trinajstić information content (AvgIpc) is 2.42. The Morgan fingerprint density at radius 3 is 2.26 bits per heavy atom. The number of hydrogen-bond donors (Lipinski definition) is 1. The highest BCUT2D eigenvalue weighted by Gasteiger charge is 2.19. The van der Waals surface area contributed by atoms with Crippen LogP contribution in [0.15, 0.2) is 59.1 Å². The number of carbonyl (C=O) groups is 1. The van der Waals surface area contributed by atoms with Gasteiger partial charge in [0.15, 0.2) is 0 Å². The third-order valence-electron chi connectivity index (χ3n) is 3.13. The van der Waals surface area contributed by atoms with Crippen LogP contribution < -0.4 is 0 Å². The predicted octanol–water partition coefficient (Wildman–Crippen LogP) is 4.25. The zero-order valence-electron chi connectivity index (χ0n) is 10.4. The molecule has 2 nitrogen and oxygen atoms in total. The summed E-state index contributed by atoms with van der Waals surface area (Å²) in [5.41, 5.74) is 2.03. The molecule has 0 heterocycles. The van der Waals surface area contributed by atoms with E-state index in [1.807, 2.05) is 54.6 Å². The molecule has 98 valence electrons. The van der Waals surface area contributed by atoms with Crippen molar-refractivity contribution in [1.29, 1.82) is 0 Å². The van der Waals surface area contributed by atoms with Gasteiger partial charge in [0.25, 0.3) is 0 Å². The lowest BCUT2D eigenvalue weighted by Crippen LogP contribution is -2.12. The van der Waals surface area contributed by atoms with Gasteiger partial charge in [-0.05, 0) is 36.1 Å². The molecule has 0 saturated carbocycles. The number of carboxylic acid groups (broad SMARTS) is 1. The van der Waals surface area contributed by atoms with E-state index in [2.05, 4.69) is 15.9 Å². The minimum absolute atomic E-state index is 0.440. The molecule has 0 aliphatic carbocycles. The number of halogens is 1. The zero-order chi connectivity index (χ0) is 13.7. The molecule has 0 radical (unpaired) electrons. The van der Waals surface area contributed by atoms with Crippen LogP contribution in [-0.4, -0.2) is 11.1 Å². The standard InChI is InChI=1S/C16H15BrO2/c17-14-9-6-12(7-10-14)8-11-15(16(18)19)13-4-2-1-3-5-13/h1-7,9-10,15H,8,11H2,(H,18,19). The van der Waals surface area contributed by atoms with E-state index < -0.39 is 11.9 Å². The summed E-state index contributed by atoms with van der Waals surface area (Å²) in [4.78, 5) is 11.4. The fraction of sp³-hybridized carbons (Fsp3) is 0.188. The molecular weight excluding hydrogens is 304 g/mol. The summed E-state index contributed by atoms with van der Waals surface area (Å²) in [6.45, 7) is 0. The lowest BCUT2D eigenvalue weighted by atomic mass is 9.92. The third kappa shape index (κ3) is 3.93. The largest absolute Gasteiger partial charge is 0.481 e. The summed E-state index contributed by atoms with van der Waals surface area (Å²) in [6.07, 6.45) is 1.38. The first-order valence-electron chi connectivity index (χ1n) is 6.19. The van der Waals surface area contributed by atoms with E-state index in [9.17, 15) is 9.90 Å². The maximum absolute atomic E-state index is 11.4. The molecule has 2 aromatic rings. The molecule has 1 unspecified atom stereocenters. The molecule has 2 rings (SSSR count). The van der Waals surface area contributed by atoms with Crippen LogP contribution in [0.1, 0.15) is 23.5 Å². The quantitative estimate of drug-likeness (QED) is 0.894. The highest BCUT2D eigenvalue weighted by Crippen LogP contribution is 2.22. The van der Waals surface area contributed by atoms with Crippen LogP contribution in [0.25, 0.3) is 0 Å². The Morgan fingerprint density at radius 1 is 1.05 bits per heavy atom. The van der Waals surface area contributed by atoms with Gasteiger partial charge >= 0.3 is 5.97 Å². The van der Waals surface area contributed by atoms with Crippen LogP contribution in [0.3, 0.4) is 0 Å². The Labute approximate surface area is 121 Å². The summed E-state index contributed by atoms with van der Waals surface area (Å²) in [5, 5.41) is 9.34. The molecule has 1 atom stereocenters. The van der Waals surface area contributed by atoms with Crippen molar-refractivity contribution in [3.05, 3.63) is 70.2 Å². The molecule has 0 saturated heterocycles. The van der Waals surface area contributed by atoms with Crippen molar-refractivity contribution in [3.8, 4) is 0 Å². The minimum Gasteiger partial charge on any atom is -0.481 e. The SMILES string of the molecule is O=C(O)C(CCc1ccc(Br)cc1)c1ccccc1. The summed E-state index contributed by atoms with van der Waals surface area (Å²) in [7, 11) is 0. The Balaban J connectivity index is 2.06. The number of hydrogen-bond acceptors (Lipinski definition) is 1. The first-order valence-corrected chi connectivity index (χ1v) is 6.98. The van der Waals surface area contributed by atoms with Gasteiger partial charge < -0.3 is 5.11 Å². The maximum atomic E-state index is 11.4. The van der Waals surface area contributed by atoms with Gasteiger partial charge in [-0.3, -0.25) is 4.79 Å². The highest BCUT2D eigenvalue weighted by atomic mass is 79.9. The maximum Gasteiger partial charge on any atom is 0.310 e. The van der Waals surface area contributed by atoms with Gasteiger partial charge in [0.05, 0.1) is 5.92 Å². The summed E-state index contributed by atoms with van der Waals surface area (Å²) < 4.78 is 1.04. The second-order valence-electron chi connectivity index (χ2n) is 4.47. The second kappa shape index (κ2) is 6.53. The molecule has 19 heavy (non-hydrogen) atoms. The van der Waals surface area contributed by atoms with E-state index >= 15 is 0 Å². The van der Waals surface area contributed by atoms with Crippen molar-refractivity contribution in [1.82, 2.24) is 0 Å². The van der Waals surface area contributed by atoms with Gasteiger partial charge in [-0.1, -0.05) is 58.4 Å². The van der Waals surface area contributed by atoms with Crippen molar-refractivity contribution < 1.29 is 9.90 Å². The molecule has 0 bridgehead atoms. The molecule has 0 fully saturated rings. The Morgan fingerprint density at radius 2 is 1.68 bits per heavy atom. The molecule has 0 aliphatic rings. The lowest BCUT2D eigenvalue weighted by Gasteiger charge is -2.12. The predicted molar refractivity (Wildman–Crippen MR) is 79.3 cm³/mol. The number of rotatable bonds is 5. The van der Waals surface area contributed by atoms with E-state index in [0.29, 0.717) is 6.42 Å². The van der Waals surface area contributed by atoms with Crippen LogP contribution in [0.2, 0.25) is 0 Å². The molecule has 0 aliphatic heterocycles. The van der Waals surface area contributed by atoms with Crippen LogP contribution in [0, 0.1) is 0 Å². The number of aliphatic carboxylic acids is 1. The Hall–Kier alpha value is -1.61. The second-order valence-corrected chi connectivity index (χ2v) is 5.38. The van der Waals surface area contributed by atoms with Gasteiger partial charge in [0.1, 0.15) is 0 Å². The smallest absolute Gasteiger partial charge is 0.310 e. The molecule has 2 aromatic carbocycles. The van der Waals surface area contributed by atoms with Crippen molar-refractivity contribution >= 4 is 21.9 Å². The van der Waals surface area contributed by atoms with Crippen molar-refractivity contribution in [2.24, 2.45) is 0 Å². The number of aryl methyl sites for hydroxylation is 1. The Bertz CT molecular complexity index is 534. The molecular formula is C16H15BrO2. The third-order valence-corrected chi connectivity index (χ3v) is 3.66. The topological polar surface area (TPSA) is 37.3 Å². The van der Waals surface area contributed by atoms with E-state index in [1.165, 1.54) is 0 Å². The van der Waals surface area contributed by atoms with Crippen molar-refractivity contribution in [2.75, 3.05) is 0 Å². The molecule has 0 amide bonds. The van der Waals surface area contributed by atoms with Crippen LogP contribution in [-0.2, 0) is 11.2 Å².